The minimum absolute atomic E-state index is 0.0316. The highest BCUT2D eigenvalue weighted by molar-refractivity contribution is 9.10. The second kappa shape index (κ2) is 5.12. The van der Waals surface area contributed by atoms with Gasteiger partial charge in [0, 0.05) is 0 Å². The quantitative estimate of drug-likeness (QED) is 0.898. The van der Waals surface area contributed by atoms with E-state index in [1.54, 1.807) is 0 Å². The van der Waals surface area contributed by atoms with Crippen molar-refractivity contribution in [1.82, 2.24) is 4.98 Å². The smallest absolute Gasteiger partial charge is 0.273 e. The van der Waals surface area contributed by atoms with Gasteiger partial charge >= 0.3 is 0 Å². The maximum Gasteiger partial charge on any atom is 0.273 e. The highest BCUT2D eigenvalue weighted by atomic mass is 79.9. The molecule has 9 heteroatoms. The lowest BCUT2D eigenvalue weighted by Crippen LogP contribution is -2.11. The molecule has 1 heterocycles. The van der Waals surface area contributed by atoms with E-state index in [0.717, 1.165) is 23.6 Å². The number of nitrogens with zero attached hydrogens (tertiary/aromatic N) is 1. The molecule has 0 aliphatic carbocycles. The van der Waals surface area contributed by atoms with Crippen molar-refractivity contribution in [2.45, 2.75) is 4.21 Å². The van der Waals surface area contributed by atoms with Crippen LogP contribution in [-0.2, 0) is 10.0 Å². The monoisotopic (exact) mass is 370 g/mol. The van der Waals surface area contributed by atoms with E-state index in [-0.39, 0.29) is 18.8 Å². The van der Waals surface area contributed by atoms with Crippen LogP contribution in [0.5, 0.6) is 0 Å². The van der Waals surface area contributed by atoms with Gasteiger partial charge in [-0.2, -0.15) is 0 Å². The molecular weight excluding hydrogens is 367 g/mol. The average Bonchev–Trinajstić information content (AvgIpc) is 2.71. The van der Waals surface area contributed by atoms with Crippen LogP contribution in [-0.4, -0.2) is 13.4 Å². The molecular formula is C9H5BrClFN2O2S2. The van der Waals surface area contributed by atoms with Gasteiger partial charge in [-0.05, 0) is 34.1 Å². The molecule has 0 saturated carbocycles. The summed E-state index contributed by atoms with van der Waals surface area (Å²) in [5.41, 5.74) is 0.125. The van der Waals surface area contributed by atoms with Crippen molar-refractivity contribution in [3.05, 3.63) is 39.2 Å². The van der Waals surface area contributed by atoms with Crippen LogP contribution in [0.15, 0.2) is 33.1 Å². The molecule has 0 unspecified atom stereocenters. The number of aromatic nitrogens is 1. The number of anilines is 1. The lowest BCUT2D eigenvalue weighted by atomic mass is 10.3. The first-order valence-electron chi connectivity index (χ1n) is 4.48. The number of hydrogen-bond donors (Lipinski definition) is 1. The van der Waals surface area contributed by atoms with E-state index in [9.17, 15) is 12.8 Å². The molecule has 4 nitrogen and oxygen atoms in total. The Kier molecular flexibility index (Phi) is 3.90. The molecule has 2 aromatic rings. The number of benzene rings is 1. The average molecular weight is 372 g/mol. The Labute approximate surface area is 120 Å². The van der Waals surface area contributed by atoms with E-state index < -0.39 is 15.8 Å². The number of thiazole rings is 1. The third-order valence-electron chi connectivity index (χ3n) is 1.89. The predicted octanol–water partition coefficient (Wildman–Crippen LogP) is 3.50. The third-order valence-corrected chi connectivity index (χ3v) is 5.49. The third kappa shape index (κ3) is 3.00. The van der Waals surface area contributed by atoms with Crippen LogP contribution in [0.25, 0.3) is 0 Å². The molecule has 0 bridgehead atoms. The van der Waals surface area contributed by atoms with Gasteiger partial charge in [-0.1, -0.05) is 22.9 Å². The largest absolute Gasteiger partial charge is 0.279 e. The van der Waals surface area contributed by atoms with Gasteiger partial charge in [-0.25, -0.2) is 17.8 Å². The molecule has 0 atom stereocenters. The minimum atomic E-state index is -3.78. The molecule has 1 N–H and O–H groups in total. The van der Waals surface area contributed by atoms with Crippen LogP contribution in [0.4, 0.5) is 10.1 Å². The van der Waals surface area contributed by atoms with Crippen LogP contribution in [0.1, 0.15) is 0 Å². The molecule has 2 rings (SSSR count). The van der Waals surface area contributed by atoms with E-state index in [1.165, 1.54) is 12.1 Å². The highest BCUT2D eigenvalue weighted by Crippen LogP contribution is 2.26. The molecule has 0 saturated heterocycles. The lowest BCUT2D eigenvalue weighted by molar-refractivity contribution is 0.602. The predicted molar refractivity (Wildman–Crippen MR) is 72.0 cm³/mol. The molecule has 0 aliphatic heterocycles. The molecule has 0 aliphatic rings. The highest BCUT2D eigenvalue weighted by Gasteiger charge is 2.18. The van der Waals surface area contributed by atoms with Crippen molar-refractivity contribution in [2.24, 2.45) is 0 Å². The second-order valence-electron chi connectivity index (χ2n) is 3.17. The Morgan fingerprint density at radius 3 is 2.72 bits per heavy atom. The van der Waals surface area contributed by atoms with Gasteiger partial charge in [-0.15, -0.1) is 0 Å². The molecule has 0 fully saturated rings. The molecule has 0 spiro atoms. The molecule has 0 radical (unpaired) electrons. The first-order valence-corrected chi connectivity index (χ1v) is 7.95. The number of halogens is 3. The zero-order valence-corrected chi connectivity index (χ0v) is 12.5. The fourth-order valence-corrected chi connectivity index (χ4v) is 3.72. The van der Waals surface area contributed by atoms with Gasteiger partial charge in [0.05, 0.1) is 16.4 Å². The van der Waals surface area contributed by atoms with E-state index >= 15 is 0 Å². The summed E-state index contributed by atoms with van der Waals surface area (Å²) in [4.78, 5) is 3.64. The van der Waals surface area contributed by atoms with Crippen molar-refractivity contribution in [3.63, 3.8) is 0 Å². The summed E-state index contributed by atoms with van der Waals surface area (Å²) in [7, 11) is -3.78. The summed E-state index contributed by atoms with van der Waals surface area (Å²) in [6, 6.07) is 3.92. The van der Waals surface area contributed by atoms with Gasteiger partial charge < -0.3 is 0 Å². The zero-order valence-electron chi connectivity index (χ0n) is 8.52. The van der Waals surface area contributed by atoms with E-state index in [2.05, 4.69) is 25.6 Å². The molecule has 18 heavy (non-hydrogen) atoms. The Balaban J connectivity index is 2.30. The molecule has 1 aromatic carbocycles. The van der Waals surface area contributed by atoms with Crippen LogP contribution in [0, 0.1) is 5.82 Å². The summed E-state index contributed by atoms with van der Waals surface area (Å²) < 4.78 is 39.6. The number of hydrogen-bond acceptors (Lipinski definition) is 4. The first-order chi connectivity index (χ1) is 8.38. The topological polar surface area (TPSA) is 59.1 Å². The second-order valence-corrected chi connectivity index (χ2v) is 7.54. The lowest BCUT2D eigenvalue weighted by Gasteiger charge is -2.06. The standard InChI is InChI=1S/C9H5BrClFN2O2S2/c10-6-2-1-5(3-7(6)12)14-18(15,16)8-4-13-9(11)17-8/h1-4,14H. The maximum atomic E-state index is 13.2. The molecule has 1 aromatic heterocycles. The van der Waals surface area contributed by atoms with Gasteiger partial charge in [0.1, 0.15) is 5.82 Å². The normalized spacial score (nSPS) is 11.5. The van der Waals surface area contributed by atoms with E-state index in [4.69, 9.17) is 11.6 Å². The molecule has 0 amide bonds. The summed E-state index contributed by atoms with van der Waals surface area (Å²) >= 11 is 9.37. The summed E-state index contributed by atoms with van der Waals surface area (Å²) in [6.07, 6.45) is 1.14. The number of nitrogens with one attached hydrogen (secondary N) is 1. The number of rotatable bonds is 3. The molecule has 96 valence electrons. The van der Waals surface area contributed by atoms with Crippen LogP contribution in [0.3, 0.4) is 0 Å². The van der Waals surface area contributed by atoms with Crippen molar-refractivity contribution in [1.29, 1.82) is 0 Å². The van der Waals surface area contributed by atoms with Crippen molar-refractivity contribution >= 4 is 54.6 Å². The van der Waals surface area contributed by atoms with Crippen LogP contribution < -0.4 is 4.72 Å². The summed E-state index contributed by atoms with van der Waals surface area (Å²) in [6.45, 7) is 0. The van der Waals surface area contributed by atoms with E-state index in [1.807, 2.05) is 0 Å². The van der Waals surface area contributed by atoms with Crippen LogP contribution >= 0.6 is 38.9 Å². The Morgan fingerprint density at radius 1 is 1.44 bits per heavy atom. The first kappa shape index (κ1) is 13.7. The van der Waals surface area contributed by atoms with Gasteiger partial charge in [-0.3, -0.25) is 4.72 Å². The fourth-order valence-electron chi connectivity index (χ4n) is 1.13. The van der Waals surface area contributed by atoms with Gasteiger partial charge in [0.25, 0.3) is 10.0 Å². The fraction of sp³-hybridized carbons (Fsp3) is 0. The summed E-state index contributed by atoms with van der Waals surface area (Å²) in [5, 5.41) is 0. The van der Waals surface area contributed by atoms with Crippen molar-refractivity contribution < 1.29 is 12.8 Å². The van der Waals surface area contributed by atoms with Crippen LogP contribution in [0.2, 0.25) is 4.47 Å². The van der Waals surface area contributed by atoms with E-state index in [0.29, 0.717) is 0 Å². The summed E-state index contributed by atoms with van der Waals surface area (Å²) in [5.74, 6) is -0.558. The zero-order chi connectivity index (χ0) is 13.3. The Morgan fingerprint density at radius 2 is 2.17 bits per heavy atom. The van der Waals surface area contributed by atoms with Crippen molar-refractivity contribution in [2.75, 3.05) is 4.72 Å². The maximum absolute atomic E-state index is 13.2. The van der Waals surface area contributed by atoms with Gasteiger partial charge in [0.15, 0.2) is 8.68 Å². The SMILES string of the molecule is O=S(=O)(Nc1ccc(Br)c(F)c1)c1cnc(Cl)s1. The number of sulfonamides is 1. The van der Waals surface area contributed by atoms with Gasteiger partial charge in [0.2, 0.25) is 0 Å². The minimum Gasteiger partial charge on any atom is -0.279 e. The van der Waals surface area contributed by atoms with Crippen molar-refractivity contribution in [3.8, 4) is 0 Å². The Bertz CT molecular complexity index is 690. The Hall–Kier alpha value is -0.700.